The zero-order chi connectivity index (χ0) is 13.8. The maximum atomic E-state index is 13.4. The van der Waals surface area contributed by atoms with Gasteiger partial charge in [-0.2, -0.15) is 0 Å². The van der Waals surface area contributed by atoms with Gasteiger partial charge in [-0.1, -0.05) is 11.6 Å². The lowest BCUT2D eigenvalue weighted by Crippen LogP contribution is -2.24. The molecule has 1 heterocycles. The van der Waals surface area contributed by atoms with E-state index in [1.807, 2.05) is 0 Å². The number of hydrogen-bond acceptors (Lipinski definition) is 2. The number of amides is 1. The van der Waals surface area contributed by atoms with Crippen LogP contribution in [0.25, 0.3) is 0 Å². The molecule has 19 heavy (non-hydrogen) atoms. The second-order valence-electron chi connectivity index (χ2n) is 3.87. The van der Waals surface area contributed by atoms with Crippen LogP contribution in [0.3, 0.4) is 0 Å². The summed E-state index contributed by atoms with van der Waals surface area (Å²) in [6.07, 6.45) is 1.48. The second-order valence-corrected chi connectivity index (χ2v) is 4.30. The van der Waals surface area contributed by atoms with Gasteiger partial charge in [0.2, 0.25) is 5.56 Å². The van der Waals surface area contributed by atoms with E-state index in [0.717, 1.165) is 6.07 Å². The molecule has 0 fully saturated rings. The van der Waals surface area contributed by atoms with E-state index >= 15 is 0 Å². The van der Waals surface area contributed by atoms with Crippen molar-refractivity contribution < 1.29 is 9.18 Å². The number of carbonyl (C=O) groups is 1. The van der Waals surface area contributed by atoms with Crippen molar-refractivity contribution in [2.45, 2.75) is 6.54 Å². The summed E-state index contributed by atoms with van der Waals surface area (Å²) in [7, 11) is 0. The molecule has 0 radical (unpaired) electrons. The number of aromatic amines is 1. The van der Waals surface area contributed by atoms with Gasteiger partial charge in [-0.15, -0.1) is 0 Å². The molecule has 0 saturated carbocycles. The van der Waals surface area contributed by atoms with Crippen LogP contribution in [0.2, 0.25) is 5.02 Å². The second kappa shape index (κ2) is 5.67. The van der Waals surface area contributed by atoms with Gasteiger partial charge in [-0.3, -0.25) is 9.59 Å². The highest BCUT2D eigenvalue weighted by Gasteiger charge is 2.11. The van der Waals surface area contributed by atoms with Crippen LogP contribution in [-0.2, 0) is 6.54 Å². The van der Waals surface area contributed by atoms with E-state index in [1.165, 1.54) is 24.4 Å². The van der Waals surface area contributed by atoms with E-state index < -0.39 is 11.7 Å². The zero-order valence-corrected chi connectivity index (χ0v) is 10.5. The number of rotatable bonds is 3. The van der Waals surface area contributed by atoms with Gasteiger partial charge in [-0.25, -0.2) is 4.39 Å². The molecule has 1 amide bonds. The summed E-state index contributed by atoms with van der Waals surface area (Å²) in [5.41, 5.74) is 0.234. The van der Waals surface area contributed by atoms with Crippen LogP contribution in [0.5, 0.6) is 0 Å². The molecule has 98 valence electrons. The number of halogens is 2. The molecule has 0 atom stereocenters. The number of hydrogen-bond donors (Lipinski definition) is 2. The Labute approximate surface area is 113 Å². The van der Waals surface area contributed by atoms with Crippen molar-refractivity contribution in [3.8, 4) is 0 Å². The van der Waals surface area contributed by atoms with Crippen LogP contribution >= 0.6 is 11.6 Å². The highest BCUT2D eigenvalue weighted by atomic mass is 35.5. The monoisotopic (exact) mass is 280 g/mol. The molecule has 6 heteroatoms. The van der Waals surface area contributed by atoms with E-state index in [9.17, 15) is 14.0 Å². The molecule has 0 aliphatic rings. The van der Waals surface area contributed by atoms with Gasteiger partial charge in [0.25, 0.3) is 5.91 Å². The molecule has 2 rings (SSSR count). The molecule has 0 aliphatic carbocycles. The van der Waals surface area contributed by atoms with Crippen molar-refractivity contribution in [3.63, 3.8) is 0 Å². The summed E-state index contributed by atoms with van der Waals surface area (Å²) in [6, 6.07) is 6.75. The molecule has 0 spiro atoms. The average molecular weight is 281 g/mol. The van der Waals surface area contributed by atoms with Gasteiger partial charge in [0.1, 0.15) is 5.82 Å². The molecule has 0 saturated heterocycles. The number of H-pyrrole nitrogens is 1. The quantitative estimate of drug-likeness (QED) is 0.904. The predicted molar refractivity (Wildman–Crippen MR) is 69.6 cm³/mol. The maximum absolute atomic E-state index is 13.4. The molecule has 4 nitrogen and oxygen atoms in total. The smallest absolute Gasteiger partial charge is 0.254 e. The Balaban J connectivity index is 2.09. The maximum Gasteiger partial charge on any atom is 0.254 e. The van der Waals surface area contributed by atoms with E-state index in [2.05, 4.69) is 10.3 Å². The Bertz CT molecular complexity index is 670. The molecular weight excluding hydrogens is 271 g/mol. The van der Waals surface area contributed by atoms with Crippen molar-refractivity contribution in [2.24, 2.45) is 0 Å². The molecule has 1 aromatic heterocycles. The fraction of sp³-hybridized carbons (Fsp3) is 0.0769. The van der Waals surface area contributed by atoms with Gasteiger partial charge in [0, 0.05) is 23.8 Å². The van der Waals surface area contributed by atoms with E-state index in [-0.39, 0.29) is 22.7 Å². The normalized spacial score (nSPS) is 10.2. The summed E-state index contributed by atoms with van der Waals surface area (Å²) in [5.74, 6) is -1.23. The lowest BCUT2D eigenvalue weighted by Gasteiger charge is -2.06. The first kappa shape index (κ1) is 13.3. The lowest BCUT2D eigenvalue weighted by atomic mass is 10.2. The van der Waals surface area contributed by atoms with E-state index in [1.54, 1.807) is 6.07 Å². The standard InChI is InChI=1S/C13H10ClFN2O2/c14-9-1-2-11(15)10(6-9)13(19)17-7-8-3-4-16-12(18)5-8/h1-6H,7H2,(H,16,18)(H,17,19). The van der Waals surface area contributed by atoms with Crippen molar-refractivity contribution in [1.82, 2.24) is 10.3 Å². The van der Waals surface area contributed by atoms with Crippen LogP contribution in [0, 0.1) is 5.82 Å². The van der Waals surface area contributed by atoms with Crippen LogP contribution in [0.1, 0.15) is 15.9 Å². The fourth-order valence-corrected chi connectivity index (χ4v) is 1.72. The summed E-state index contributed by atoms with van der Waals surface area (Å²) in [5, 5.41) is 2.80. The first-order chi connectivity index (χ1) is 9.06. The molecule has 2 N–H and O–H groups in total. The summed E-state index contributed by atoms with van der Waals surface area (Å²) in [6.45, 7) is 0.134. The third-order valence-electron chi connectivity index (χ3n) is 2.47. The number of aromatic nitrogens is 1. The van der Waals surface area contributed by atoms with Crippen molar-refractivity contribution >= 4 is 17.5 Å². The highest BCUT2D eigenvalue weighted by Crippen LogP contribution is 2.14. The van der Waals surface area contributed by atoms with Gasteiger partial charge < -0.3 is 10.3 Å². The Morgan fingerprint density at radius 3 is 2.84 bits per heavy atom. The molecule has 1 aromatic carbocycles. The highest BCUT2D eigenvalue weighted by molar-refractivity contribution is 6.30. The Morgan fingerprint density at radius 2 is 2.11 bits per heavy atom. The summed E-state index contributed by atoms with van der Waals surface area (Å²) in [4.78, 5) is 25.3. The van der Waals surface area contributed by atoms with Crippen molar-refractivity contribution in [2.75, 3.05) is 0 Å². The fourth-order valence-electron chi connectivity index (χ4n) is 1.55. The molecule has 0 bridgehead atoms. The Hall–Kier alpha value is -2.14. The Morgan fingerprint density at radius 1 is 1.32 bits per heavy atom. The van der Waals surface area contributed by atoms with Crippen LogP contribution in [0.15, 0.2) is 41.3 Å². The summed E-state index contributed by atoms with van der Waals surface area (Å²) < 4.78 is 13.4. The molecular formula is C13H10ClFN2O2. The largest absolute Gasteiger partial charge is 0.348 e. The van der Waals surface area contributed by atoms with Crippen LogP contribution in [-0.4, -0.2) is 10.9 Å². The van der Waals surface area contributed by atoms with Gasteiger partial charge >= 0.3 is 0 Å². The predicted octanol–water partition coefficient (Wildman–Crippen LogP) is 2.10. The third-order valence-corrected chi connectivity index (χ3v) is 2.70. The van der Waals surface area contributed by atoms with E-state index in [4.69, 9.17) is 11.6 Å². The van der Waals surface area contributed by atoms with Crippen molar-refractivity contribution in [1.29, 1.82) is 0 Å². The van der Waals surface area contributed by atoms with E-state index in [0.29, 0.717) is 5.56 Å². The molecule has 0 aliphatic heterocycles. The van der Waals surface area contributed by atoms with Crippen LogP contribution < -0.4 is 10.9 Å². The first-order valence-electron chi connectivity index (χ1n) is 5.47. The van der Waals surface area contributed by atoms with Gasteiger partial charge in [-0.05, 0) is 29.8 Å². The average Bonchev–Trinajstić information content (AvgIpc) is 2.39. The van der Waals surface area contributed by atoms with Gasteiger partial charge in [0.05, 0.1) is 5.56 Å². The minimum atomic E-state index is -0.646. The number of benzene rings is 1. The number of carbonyl (C=O) groups excluding carboxylic acids is 1. The minimum Gasteiger partial charge on any atom is -0.348 e. The zero-order valence-electron chi connectivity index (χ0n) is 9.74. The first-order valence-corrected chi connectivity index (χ1v) is 5.85. The molecule has 0 unspecified atom stereocenters. The summed E-state index contributed by atoms with van der Waals surface area (Å²) >= 11 is 5.71. The SMILES string of the molecule is O=C(NCc1cc[nH]c(=O)c1)c1cc(Cl)ccc1F. The number of pyridine rings is 1. The topological polar surface area (TPSA) is 62.0 Å². The Kier molecular flexibility index (Phi) is 3.97. The third kappa shape index (κ3) is 3.42. The van der Waals surface area contributed by atoms with Crippen molar-refractivity contribution in [3.05, 3.63) is 68.8 Å². The van der Waals surface area contributed by atoms with Crippen LogP contribution in [0.4, 0.5) is 4.39 Å². The minimum absolute atomic E-state index is 0.127. The lowest BCUT2D eigenvalue weighted by molar-refractivity contribution is 0.0947. The molecule has 2 aromatic rings. The number of nitrogens with one attached hydrogen (secondary N) is 2. The van der Waals surface area contributed by atoms with Gasteiger partial charge in [0.15, 0.2) is 0 Å².